The number of nitrogens with one attached hydrogen (secondary N) is 1. The molecule has 0 spiro atoms. The summed E-state index contributed by atoms with van der Waals surface area (Å²) in [4.78, 5) is 0. The van der Waals surface area contributed by atoms with Crippen LogP contribution in [0, 0.1) is 0 Å². The van der Waals surface area contributed by atoms with Crippen LogP contribution in [-0.2, 0) is 0 Å². The molecule has 1 rings (SSSR count). The molecule has 0 heterocycles. The summed E-state index contributed by atoms with van der Waals surface area (Å²) in [6.07, 6.45) is 2.07. The highest BCUT2D eigenvalue weighted by Crippen LogP contribution is 2.31. The van der Waals surface area contributed by atoms with Crippen LogP contribution in [0.4, 0.5) is 14.5 Å². The molecular weight excluding hydrogens is 240 g/mol. The summed E-state index contributed by atoms with van der Waals surface area (Å²) in [6.45, 7) is 1.28. The standard InChI is InChI=1S/C13H19F2NO2/c1-4-5-9(2)16-10-6-7-11(17-3)12(8-10)18-13(14)15/h6-9,13,16H,4-5H2,1-3H3. The Balaban J connectivity index is 2.81. The molecule has 1 unspecified atom stereocenters. The summed E-state index contributed by atoms with van der Waals surface area (Å²) in [6, 6.07) is 5.20. The highest BCUT2D eigenvalue weighted by atomic mass is 19.3. The van der Waals surface area contributed by atoms with Gasteiger partial charge >= 0.3 is 6.61 Å². The minimum absolute atomic E-state index is 0.0428. The first-order chi connectivity index (χ1) is 8.56. The van der Waals surface area contributed by atoms with E-state index in [9.17, 15) is 8.78 Å². The van der Waals surface area contributed by atoms with Crippen LogP contribution in [-0.4, -0.2) is 19.8 Å². The average Bonchev–Trinajstić information content (AvgIpc) is 2.28. The normalized spacial score (nSPS) is 12.3. The quantitative estimate of drug-likeness (QED) is 0.805. The minimum Gasteiger partial charge on any atom is -0.493 e. The third-order valence-corrected chi connectivity index (χ3v) is 2.51. The van der Waals surface area contributed by atoms with Gasteiger partial charge in [-0.2, -0.15) is 8.78 Å². The molecule has 0 saturated carbocycles. The van der Waals surface area contributed by atoms with Gasteiger partial charge in [0.1, 0.15) is 0 Å². The van der Waals surface area contributed by atoms with Gasteiger partial charge in [0.25, 0.3) is 0 Å². The zero-order valence-corrected chi connectivity index (χ0v) is 10.9. The van der Waals surface area contributed by atoms with Crippen molar-refractivity contribution in [3.05, 3.63) is 18.2 Å². The molecule has 1 N–H and O–H groups in total. The van der Waals surface area contributed by atoms with E-state index < -0.39 is 6.61 Å². The highest BCUT2D eigenvalue weighted by Gasteiger charge is 2.12. The Morgan fingerprint density at radius 1 is 1.28 bits per heavy atom. The second kappa shape index (κ2) is 7.03. The lowest BCUT2D eigenvalue weighted by atomic mass is 10.2. The van der Waals surface area contributed by atoms with Crippen molar-refractivity contribution in [2.24, 2.45) is 0 Å². The van der Waals surface area contributed by atoms with E-state index in [4.69, 9.17) is 4.74 Å². The molecule has 1 atom stereocenters. The molecule has 5 heteroatoms. The van der Waals surface area contributed by atoms with Crippen LogP contribution in [0.3, 0.4) is 0 Å². The Bertz CT molecular complexity index is 372. The predicted molar refractivity (Wildman–Crippen MR) is 67.6 cm³/mol. The van der Waals surface area contributed by atoms with E-state index in [0.29, 0.717) is 5.75 Å². The summed E-state index contributed by atoms with van der Waals surface area (Å²) in [5, 5.41) is 3.23. The van der Waals surface area contributed by atoms with Crippen molar-refractivity contribution in [1.82, 2.24) is 0 Å². The van der Waals surface area contributed by atoms with Gasteiger partial charge < -0.3 is 14.8 Å². The molecule has 1 aromatic carbocycles. The van der Waals surface area contributed by atoms with Crippen molar-refractivity contribution in [3.63, 3.8) is 0 Å². The lowest BCUT2D eigenvalue weighted by molar-refractivity contribution is -0.0511. The highest BCUT2D eigenvalue weighted by molar-refractivity contribution is 5.55. The molecule has 0 fully saturated rings. The number of rotatable bonds is 7. The first kappa shape index (κ1) is 14.5. The first-order valence-corrected chi connectivity index (χ1v) is 5.96. The summed E-state index contributed by atoms with van der Waals surface area (Å²) in [5.74, 6) is 0.338. The molecule has 18 heavy (non-hydrogen) atoms. The Labute approximate surface area is 106 Å². The molecule has 0 saturated heterocycles. The Morgan fingerprint density at radius 3 is 2.56 bits per heavy atom. The fraction of sp³-hybridized carbons (Fsp3) is 0.538. The maximum atomic E-state index is 12.3. The van der Waals surface area contributed by atoms with Crippen molar-refractivity contribution in [2.75, 3.05) is 12.4 Å². The largest absolute Gasteiger partial charge is 0.493 e. The molecule has 0 bridgehead atoms. The van der Waals surface area contributed by atoms with Crippen molar-refractivity contribution in [1.29, 1.82) is 0 Å². The lowest BCUT2D eigenvalue weighted by Gasteiger charge is -2.16. The van der Waals surface area contributed by atoms with Crippen LogP contribution >= 0.6 is 0 Å². The van der Waals surface area contributed by atoms with Gasteiger partial charge in [0, 0.05) is 17.8 Å². The average molecular weight is 259 g/mol. The number of hydrogen-bond donors (Lipinski definition) is 1. The maximum absolute atomic E-state index is 12.3. The second-order valence-corrected chi connectivity index (χ2v) is 4.08. The maximum Gasteiger partial charge on any atom is 0.387 e. The SMILES string of the molecule is CCCC(C)Nc1ccc(OC)c(OC(F)F)c1. The van der Waals surface area contributed by atoms with E-state index in [-0.39, 0.29) is 11.8 Å². The fourth-order valence-electron chi connectivity index (χ4n) is 1.74. The van der Waals surface area contributed by atoms with Crippen molar-refractivity contribution >= 4 is 5.69 Å². The number of methoxy groups -OCH3 is 1. The molecule has 102 valence electrons. The van der Waals surface area contributed by atoms with Gasteiger partial charge in [-0.25, -0.2) is 0 Å². The molecule has 0 aliphatic heterocycles. The van der Waals surface area contributed by atoms with Gasteiger partial charge in [-0.1, -0.05) is 13.3 Å². The molecule has 1 aromatic rings. The Morgan fingerprint density at radius 2 is 2.00 bits per heavy atom. The third-order valence-electron chi connectivity index (χ3n) is 2.51. The molecule has 0 radical (unpaired) electrons. The molecule has 3 nitrogen and oxygen atoms in total. The zero-order chi connectivity index (χ0) is 13.5. The second-order valence-electron chi connectivity index (χ2n) is 4.08. The van der Waals surface area contributed by atoms with Crippen LogP contribution in [0.25, 0.3) is 0 Å². The smallest absolute Gasteiger partial charge is 0.387 e. The topological polar surface area (TPSA) is 30.5 Å². The van der Waals surface area contributed by atoms with Crippen LogP contribution in [0.5, 0.6) is 11.5 Å². The predicted octanol–water partition coefficient (Wildman–Crippen LogP) is 3.90. The number of anilines is 1. The number of hydrogen-bond acceptors (Lipinski definition) is 3. The molecule has 0 aliphatic rings. The van der Waals surface area contributed by atoms with E-state index >= 15 is 0 Å². The van der Waals surface area contributed by atoms with Gasteiger partial charge in [0.2, 0.25) is 0 Å². The number of alkyl halides is 2. The van der Waals surface area contributed by atoms with Crippen LogP contribution in [0.2, 0.25) is 0 Å². The van der Waals surface area contributed by atoms with Gasteiger partial charge in [-0.15, -0.1) is 0 Å². The van der Waals surface area contributed by atoms with Crippen molar-refractivity contribution < 1.29 is 18.3 Å². The van der Waals surface area contributed by atoms with E-state index in [2.05, 4.69) is 17.0 Å². The summed E-state index contributed by atoms with van der Waals surface area (Å²) in [7, 11) is 1.42. The zero-order valence-electron chi connectivity index (χ0n) is 10.9. The Kier molecular flexibility index (Phi) is 5.68. The van der Waals surface area contributed by atoms with Crippen molar-refractivity contribution in [3.8, 4) is 11.5 Å². The Hall–Kier alpha value is -1.52. The summed E-state index contributed by atoms with van der Waals surface area (Å²) < 4.78 is 33.9. The minimum atomic E-state index is -2.86. The number of ether oxygens (including phenoxy) is 2. The number of benzene rings is 1. The van der Waals surface area contributed by atoms with Gasteiger partial charge in [0.05, 0.1) is 7.11 Å². The monoisotopic (exact) mass is 259 g/mol. The van der Waals surface area contributed by atoms with E-state index in [1.165, 1.54) is 13.2 Å². The van der Waals surface area contributed by atoms with Crippen molar-refractivity contribution in [2.45, 2.75) is 39.3 Å². The molecule has 0 amide bonds. The van der Waals surface area contributed by atoms with Crippen LogP contribution < -0.4 is 14.8 Å². The van der Waals surface area contributed by atoms with Gasteiger partial charge in [-0.3, -0.25) is 0 Å². The third kappa shape index (κ3) is 4.39. The van der Waals surface area contributed by atoms with E-state index in [0.717, 1.165) is 18.5 Å². The van der Waals surface area contributed by atoms with E-state index in [1.54, 1.807) is 12.1 Å². The molecular formula is C13H19F2NO2. The van der Waals surface area contributed by atoms with Gasteiger partial charge in [0.15, 0.2) is 11.5 Å². The summed E-state index contributed by atoms with van der Waals surface area (Å²) >= 11 is 0. The van der Waals surface area contributed by atoms with Crippen LogP contribution in [0.1, 0.15) is 26.7 Å². The molecule has 0 aromatic heterocycles. The lowest BCUT2D eigenvalue weighted by Crippen LogP contribution is -2.14. The van der Waals surface area contributed by atoms with Gasteiger partial charge in [-0.05, 0) is 25.5 Å². The first-order valence-electron chi connectivity index (χ1n) is 5.96. The summed E-state index contributed by atoms with van der Waals surface area (Å²) in [5.41, 5.74) is 0.743. The van der Waals surface area contributed by atoms with E-state index in [1.807, 2.05) is 6.92 Å². The fourth-order valence-corrected chi connectivity index (χ4v) is 1.74. The number of halogens is 2. The van der Waals surface area contributed by atoms with Crippen LogP contribution in [0.15, 0.2) is 18.2 Å². The molecule has 0 aliphatic carbocycles.